The zero-order valence-electron chi connectivity index (χ0n) is 20.8. The summed E-state index contributed by atoms with van der Waals surface area (Å²) in [7, 11) is 0. The van der Waals surface area contributed by atoms with Crippen molar-refractivity contribution in [1.29, 1.82) is 0 Å². The van der Waals surface area contributed by atoms with Crippen molar-refractivity contribution in [3.05, 3.63) is 69.7 Å². The topological polar surface area (TPSA) is 116 Å². The smallest absolute Gasteiger partial charge is 0.327 e. The summed E-state index contributed by atoms with van der Waals surface area (Å²) in [5.74, 6) is -2.37. The van der Waals surface area contributed by atoms with Crippen LogP contribution in [0, 0.1) is 5.92 Å². The quantitative estimate of drug-likeness (QED) is 0.210. The molecule has 1 unspecified atom stereocenters. The number of hydrogen-bond acceptors (Lipinski definition) is 6. The number of nitrogens with one attached hydrogen (secondary N) is 2. The van der Waals surface area contributed by atoms with Gasteiger partial charge in [0.1, 0.15) is 6.04 Å². The molecule has 1 saturated heterocycles. The summed E-state index contributed by atoms with van der Waals surface area (Å²) in [4.78, 5) is 51.7. The van der Waals surface area contributed by atoms with Gasteiger partial charge in [-0.2, -0.15) is 0 Å². The van der Waals surface area contributed by atoms with Gasteiger partial charge in [0.25, 0.3) is 0 Å². The molecule has 3 N–H and O–H groups in total. The molecule has 3 rings (SSSR count). The number of halogens is 2. The van der Waals surface area contributed by atoms with Crippen LogP contribution in [0.25, 0.3) is 6.08 Å². The maximum Gasteiger partial charge on any atom is 0.327 e. The van der Waals surface area contributed by atoms with Crippen molar-refractivity contribution in [1.82, 2.24) is 15.5 Å². The molecule has 0 aliphatic carbocycles. The van der Waals surface area contributed by atoms with E-state index in [-0.39, 0.29) is 30.7 Å². The van der Waals surface area contributed by atoms with Crippen LogP contribution in [0.1, 0.15) is 28.8 Å². The Hall–Kier alpha value is -2.85. The van der Waals surface area contributed by atoms with Crippen LogP contribution in [0.15, 0.2) is 53.4 Å². The fourth-order valence-corrected chi connectivity index (χ4v) is 5.18. The third-order valence-electron chi connectivity index (χ3n) is 6.22. The molecule has 11 heteroatoms. The van der Waals surface area contributed by atoms with E-state index in [4.69, 9.17) is 23.2 Å². The van der Waals surface area contributed by atoms with Crippen LogP contribution in [0.3, 0.4) is 0 Å². The number of ketones is 1. The fourth-order valence-electron chi connectivity index (χ4n) is 4.01. The molecule has 1 aliphatic heterocycles. The fraction of sp³-hybridized carbons (Fsp3) is 0.333. The minimum absolute atomic E-state index is 0.0448. The highest BCUT2D eigenvalue weighted by Gasteiger charge is 2.29. The van der Waals surface area contributed by atoms with Crippen molar-refractivity contribution in [2.45, 2.75) is 23.8 Å². The molecular formula is C27H29Cl2N3O5S. The van der Waals surface area contributed by atoms with Gasteiger partial charge in [-0.25, -0.2) is 4.79 Å². The predicted molar refractivity (Wildman–Crippen MR) is 150 cm³/mol. The lowest BCUT2D eigenvalue weighted by atomic mass is 9.95. The molecular weight excluding hydrogens is 549 g/mol. The molecule has 8 nitrogen and oxygen atoms in total. The Morgan fingerprint density at radius 1 is 1.08 bits per heavy atom. The predicted octanol–water partition coefficient (Wildman–Crippen LogP) is 4.01. The van der Waals surface area contributed by atoms with Crippen molar-refractivity contribution < 1.29 is 24.3 Å². The van der Waals surface area contributed by atoms with Gasteiger partial charge in [0.15, 0.2) is 5.78 Å². The van der Waals surface area contributed by atoms with Gasteiger partial charge in [-0.1, -0.05) is 59.6 Å². The van der Waals surface area contributed by atoms with Gasteiger partial charge in [-0.3, -0.25) is 14.4 Å². The van der Waals surface area contributed by atoms with E-state index in [1.54, 1.807) is 47.4 Å². The summed E-state index contributed by atoms with van der Waals surface area (Å²) in [6.07, 6.45) is 5.76. The number of thioether (sulfide) groups is 1. The first-order valence-corrected chi connectivity index (χ1v) is 14.0. The summed E-state index contributed by atoms with van der Waals surface area (Å²) < 4.78 is 0. The Kier molecular flexibility index (Phi) is 11.2. The molecule has 38 heavy (non-hydrogen) atoms. The first-order valence-electron chi connectivity index (χ1n) is 12.0. The summed E-state index contributed by atoms with van der Waals surface area (Å²) in [5.41, 5.74) is 1.16. The zero-order chi connectivity index (χ0) is 27.7. The van der Waals surface area contributed by atoms with Crippen LogP contribution >= 0.6 is 35.0 Å². The highest BCUT2D eigenvalue weighted by Crippen LogP contribution is 2.35. The van der Waals surface area contributed by atoms with E-state index in [0.29, 0.717) is 47.1 Å². The number of aliphatic carboxylic acids is 1. The first-order chi connectivity index (χ1) is 18.2. The van der Waals surface area contributed by atoms with E-state index in [1.807, 2.05) is 12.3 Å². The molecule has 1 atom stereocenters. The van der Waals surface area contributed by atoms with Crippen LogP contribution in [0.5, 0.6) is 0 Å². The number of piperidine rings is 1. The van der Waals surface area contributed by atoms with Gasteiger partial charge in [0.05, 0.1) is 16.6 Å². The summed E-state index contributed by atoms with van der Waals surface area (Å²) in [6, 6.07) is 11.1. The van der Waals surface area contributed by atoms with Crippen LogP contribution in [-0.2, 0) is 14.4 Å². The maximum atomic E-state index is 12.7. The Labute approximate surface area is 235 Å². The molecule has 202 valence electrons. The molecule has 2 aromatic carbocycles. The molecule has 1 heterocycles. The van der Waals surface area contributed by atoms with E-state index in [0.717, 1.165) is 4.90 Å². The number of Topliss-reactive ketones (excluding diaryl/α,β-unsaturated/α-hetero) is 1. The molecule has 2 aromatic rings. The van der Waals surface area contributed by atoms with E-state index in [2.05, 4.69) is 10.6 Å². The molecule has 0 saturated carbocycles. The molecule has 1 fully saturated rings. The highest BCUT2D eigenvalue weighted by molar-refractivity contribution is 7.98. The number of carboxylic acids is 1. The lowest BCUT2D eigenvalue weighted by Crippen LogP contribution is -2.51. The van der Waals surface area contributed by atoms with E-state index >= 15 is 0 Å². The number of hydrogen-bond donors (Lipinski definition) is 3. The van der Waals surface area contributed by atoms with Gasteiger partial charge in [-0.15, -0.1) is 11.8 Å². The molecule has 0 bridgehead atoms. The molecule has 0 radical (unpaired) electrons. The molecule has 0 aromatic heterocycles. The second kappa shape index (κ2) is 14.3. The number of nitrogens with zero attached hydrogens (tertiary/aromatic N) is 1. The third kappa shape index (κ3) is 8.07. The van der Waals surface area contributed by atoms with Crippen molar-refractivity contribution in [2.24, 2.45) is 5.92 Å². The second-order valence-electron chi connectivity index (χ2n) is 8.74. The van der Waals surface area contributed by atoms with Crippen LogP contribution in [0.4, 0.5) is 0 Å². The first kappa shape index (κ1) is 29.7. The number of carboxylic acid groups (broad SMARTS) is 1. The van der Waals surface area contributed by atoms with Gasteiger partial charge in [0.2, 0.25) is 11.8 Å². The number of carbonyl (C=O) groups excluding carboxylic acids is 3. The lowest BCUT2D eigenvalue weighted by molar-refractivity contribution is -0.142. The minimum atomic E-state index is -1.19. The maximum absolute atomic E-state index is 12.7. The van der Waals surface area contributed by atoms with Gasteiger partial charge >= 0.3 is 5.97 Å². The van der Waals surface area contributed by atoms with Crippen LogP contribution < -0.4 is 10.6 Å². The van der Waals surface area contributed by atoms with Gasteiger partial charge < -0.3 is 20.6 Å². The number of rotatable bonds is 11. The zero-order valence-corrected chi connectivity index (χ0v) is 23.1. The second-order valence-corrected chi connectivity index (χ2v) is 10.3. The number of likely N-dealkylation sites (tertiary alicyclic amines) is 1. The van der Waals surface area contributed by atoms with Crippen molar-refractivity contribution in [2.75, 3.05) is 32.4 Å². The Morgan fingerprint density at radius 2 is 1.76 bits per heavy atom. The largest absolute Gasteiger partial charge is 0.480 e. The van der Waals surface area contributed by atoms with Crippen LogP contribution in [0.2, 0.25) is 10.0 Å². The number of amides is 2. The number of carbonyl (C=O) groups is 4. The summed E-state index contributed by atoms with van der Waals surface area (Å²) in [5, 5.41) is 15.7. The monoisotopic (exact) mass is 577 g/mol. The van der Waals surface area contributed by atoms with Crippen LogP contribution in [-0.4, -0.2) is 72.0 Å². The third-order valence-corrected chi connectivity index (χ3v) is 8.01. The standard InChI is InChI=1S/C27H29Cl2N3O5S/c1-38-22-9-7-18(24(28)25(22)29)8-10-23(34)32-13-11-19(12-14-32)26(35)31-20(27(36)37)15-30-16-21(33)17-5-3-2-4-6-17/h2-10,19-20,30H,11-16H2,1H3,(H,31,35)(H,36,37)/b10-8+. The van der Waals surface area contributed by atoms with Gasteiger partial charge in [-0.05, 0) is 36.8 Å². The Bertz CT molecular complexity index is 1200. The van der Waals surface area contributed by atoms with Crippen molar-refractivity contribution in [3.8, 4) is 0 Å². The SMILES string of the molecule is CSc1ccc(/C=C/C(=O)N2CCC(C(=O)NC(CNCC(=O)c3ccccc3)C(=O)O)CC2)c(Cl)c1Cl. The van der Waals surface area contributed by atoms with E-state index in [1.165, 1.54) is 17.8 Å². The highest BCUT2D eigenvalue weighted by atomic mass is 35.5. The van der Waals surface area contributed by atoms with Crippen molar-refractivity contribution in [3.63, 3.8) is 0 Å². The van der Waals surface area contributed by atoms with E-state index in [9.17, 15) is 24.3 Å². The summed E-state index contributed by atoms with van der Waals surface area (Å²) in [6.45, 7) is 0.592. The van der Waals surface area contributed by atoms with Crippen molar-refractivity contribution >= 4 is 64.6 Å². The normalized spacial score (nSPS) is 14.9. The summed E-state index contributed by atoms with van der Waals surface area (Å²) >= 11 is 14.0. The average Bonchev–Trinajstić information content (AvgIpc) is 2.93. The molecule has 2 amide bonds. The Balaban J connectivity index is 1.46. The minimum Gasteiger partial charge on any atom is -0.480 e. The lowest BCUT2D eigenvalue weighted by Gasteiger charge is -2.31. The van der Waals surface area contributed by atoms with E-state index < -0.39 is 17.9 Å². The molecule has 0 spiro atoms. The average molecular weight is 579 g/mol. The number of benzene rings is 2. The Morgan fingerprint density at radius 3 is 2.39 bits per heavy atom. The molecule has 1 aliphatic rings. The van der Waals surface area contributed by atoms with Gasteiger partial charge in [0, 0.05) is 42.1 Å².